The third-order valence-electron chi connectivity index (χ3n) is 3.83. The van der Waals surface area contributed by atoms with E-state index in [0.717, 1.165) is 16.3 Å². The first-order valence-corrected chi connectivity index (χ1v) is 10.8. The van der Waals surface area contributed by atoms with Gasteiger partial charge < -0.3 is 0 Å². The largest absolute Gasteiger partial charge is 0.296 e. The fourth-order valence-corrected chi connectivity index (χ4v) is 4.28. The number of hydrogen-bond donors (Lipinski definition) is 1. The number of thioether (sulfide) groups is 1. The van der Waals surface area contributed by atoms with Gasteiger partial charge in [0.15, 0.2) is 5.78 Å². The Balaban J connectivity index is 1.60. The van der Waals surface area contributed by atoms with E-state index in [-0.39, 0.29) is 11.7 Å². The highest BCUT2D eigenvalue weighted by atomic mass is 32.2. The minimum atomic E-state index is -0.232. The van der Waals surface area contributed by atoms with Gasteiger partial charge >= 0.3 is 0 Å². The molecule has 0 radical (unpaired) electrons. The van der Waals surface area contributed by atoms with Crippen LogP contribution in [0.25, 0.3) is 0 Å². The number of aromatic nitrogens is 2. The third kappa shape index (κ3) is 5.74. The van der Waals surface area contributed by atoms with E-state index >= 15 is 0 Å². The van der Waals surface area contributed by atoms with Crippen molar-refractivity contribution in [3.8, 4) is 0 Å². The molecule has 2 aromatic carbocycles. The zero-order chi connectivity index (χ0) is 19.9. The Morgan fingerprint density at radius 1 is 1.04 bits per heavy atom. The van der Waals surface area contributed by atoms with Crippen LogP contribution in [0.3, 0.4) is 0 Å². The van der Waals surface area contributed by atoms with Crippen LogP contribution in [0, 0.1) is 5.92 Å². The van der Waals surface area contributed by atoms with Gasteiger partial charge in [0, 0.05) is 22.4 Å². The minimum absolute atomic E-state index is 0.0620. The fraction of sp³-hybridized carbons (Fsp3) is 0.238. The van der Waals surface area contributed by atoms with Gasteiger partial charge in [-0.15, -0.1) is 22.0 Å². The molecule has 144 valence electrons. The van der Waals surface area contributed by atoms with Gasteiger partial charge in [0.05, 0.1) is 5.75 Å². The number of hydrogen-bond acceptors (Lipinski definition) is 6. The fourth-order valence-electron chi connectivity index (χ4n) is 2.49. The number of anilines is 1. The SMILES string of the molecule is CC(C)Cc1nnc(NC(=O)c2cccc(SCC(=O)c3ccccc3)c2)s1. The first-order chi connectivity index (χ1) is 13.5. The number of rotatable bonds is 8. The number of Topliss-reactive ketones (excluding diaryl/α,β-unsaturated/α-hetero) is 1. The molecule has 1 amide bonds. The molecule has 0 saturated carbocycles. The summed E-state index contributed by atoms with van der Waals surface area (Å²) in [7, 11) is 0. The molecular weight excluding hydrogens is 390 g/mol. The molecule has 7 heteroatoms. The maximum absolute atomic E-state index is 12.5. The van der Waals surface area contributed by atoms with Crippen molar-refractivity contribution >= 4 is 39.9 Å². The van der Waals surface area contributed by atoms with Gasteiger partial charge in [-0.1, -0.05) is 61.6 Å². The van der Waals surface area contributed by atoms with Gasteiger partial charge in [0.1, 0.15) is 5.01 Å². The summed E-state index contributed by atoms with van der Waals surface area (Å²) in [6.07, 6.45) is 0.842. The number of ketones is 1. The Kier molecular flexibility index (Phi) is 6.95. The van der Waals surface area contributed by atoms with E-state index in [2.05, 4.69) is 29.4 Å². The highest BCUT2D eigenvalue weighted by Crippen LogP contribution is 2.22. The predicted octanol–water partition coefficient (Wildman–Crippen LogP) is 4.96. The molecule has 0 spiro atoms. The first-order valence-electron chi connectivity index (χ1n) is 8.96. The Morgan fingerprint density at radius 2 is 1.79 bits per heavy atom. The van der Waals surface area contributed by atoms with Gasteiger partial charge in [-0.3, -0.25) is 14.9 Å². The van der Waals surface area contributed by atoms with Gasteiger partial charge in [0.2, 0.25) is 5.13 Å². The average Bonchev–Trinajstić information content (AvgIpc) is 3.13. The molecule has 1 N–H and O–H groups in total. The molecule has 0 aliphatic rings. The maximum atomic E-state index is 12.5. The smallest absolute Gasteiger partial charge is 0.257 e. The van der Waals surface area contributed by atoms with E-state index in [0.29, 0.717) is 27.9 Å². The quantitative estimate of drug-likeness (QED) is 0.419. The molecule has 5 nitrogen and oxygen atoms in total. The second kappa shape index (κ2) is 9.61. The van der Waals surface area contributed by atoms with Crippen molar-refractivity contribution in [2.24, 2.45) is 5.92 Å². The van der Waals surface area contributed by atoms with Crippen LogP contribution in [-0.2, 0) is 6.42 Å². The van der Waals surface area contributed by atoms with Crippen molar-refractivity contribution in [1.29, 1.82) is 0 Å². The minimum Gasteiger partial charge on any atom is -0.296 e. The van der Waals surface area contributed by atoms with Crippen LogP contribution in [0.2, 0.25) is 0 Å². The molecule has 0 unspecified atom stereocenters. The second-order valence-corrected chi connectivity index (χ2v) is 8.77. The van der Waals surface area contributed by atoms with Crippen LogP contribution in [0.5, 0.6) is 0 Å². The Morgan fingerprint density at radius 3 is 2.54 bits per heavy atom. The number of carbonyl (C=O) groups is 2. The van der Waals surface area contributed by atoms with Crippen LogP contribution >= 0.6 is 23.1 Å². The normalized spacial score (nSPS) is 10.8. The van der Waals surface area contributed by atoms with Crippen LogP contribution < -0.4 is 5.32 Å². The molecular formula is C21H21N3O2S2. The molecule has 0 bridgehead atoms. The van der Waals surface area contributed by atoms with Crippen molar-refractivity contribution in [1.82, 2.24) is 10.2 Å². The number of benzene rings is 2. The second-order valence-electron chi connectivity index (χ2n) is 6.66. The molecule has 3 rings (SSSR count). The molecule has 0 aliphatic heterocycles. The molecule has 0 atom stereocenters. The maximum Gasteiger partial charge on any atom is 0.257 e. The third-order valence-corrected chi connectivity index (χ3v) is 5.69. The predicted molar refractivity (Wildman–Crippen MR) is 114 cm³/mol. The molecule has 28 heavy (non-hydrogen) atoms. The number of nitrogens with one attached hydrogen (secondary N) is 1. The lowest BCUT2D eigenvalue weighted by molar-refractivity contribution is 0.101. The lowest BCUT2D eigenvalue weighted by atomic mass is 10.1. The van der Waals surface area contributed by atoms with Gasteiger partial charge in [-0.25, -0.2) is 0 Å². The number of nitrogens with zero attached hydrogens (tertiary/aromatic N) is 2. The summed E-state index contributed by atoms with van der Waals surface area (Å²) in [5.41, 5.74) is 1.22. The summed E-state index contributed by atoms with van der Waals surface area (Å²) in [6.45, 7) is 4.23. The summed E-state index contributed by atoms with van der Waals surface area (Å²) >= 11 is 2.81. The van der Waals surface area contributed by atoms with Crippen molar-refractivity contribution in [2.45, 2.75) is 25.2 Å². The van der Waals surface area contributed by atoms with Gasteiger partial charge in [-0.05, 0) is 24.1 Å². The monoisotopic (exact) mass is 411 g/mol. The molecule has 1 aromatic heterocycles. The van der Waals surface area contributed by atoms with Gasteiger partial charge in [-0.2, -0.15) is 0 Å². The molecule has 0 saturated heterocycles. The van der Waals surface area contributed by atoms with Crippen LogP contribution in [0.4, 0.5) is 5.13 Å². The van der Waals surface area contributed by atoms with E-state index in [9.17, 15) is 9.59 Å². The number of carbonyl (C=O) groups excluding carboxylic acids is 2. The summed E-state index contributed by atoms with van der Waals surface area (Å²) in [5.74, 6) is 0.643. The van der Waals surface area contributed by atoms with E-state index < -0.39 is 0 Å². The van der Waals surface area contributed by atoms with E-state index in [4.69, 9.17) is 0 Å². The highest BCUT2D eigenvalue weighted by molar-refractivity contribution is 8.00. The zero-order valence-electron chi connectivity index (χ0n) is 15.7. The summed E-state index contributed by atoms with van der Waals surface area (Å²) < 4.78 is 0. The van der Waals surface area contributed by atoms with Crippen LogP contribution in [0.1, 0.15) is 39.6 Å². The molecule has 0 aliphatic carbocycles. The summed E-state index contributed by atoms with van der Waals surface area (Å²) in [6, 6.07) is 16.4. The average molecular weight is 412 g/mol. The highest BCUT2D eigenvalue weighted by Gasteiger charge is 2.12. The summed E-state index contributed by atoms with van der Waals surface area (Å²) in [5, 5.41) is 12.4. The van der Waals surface area contributed by atoms with Crippen molar-refractivity contribution in [2.75, 3.05) is 11.1 Å². The zero-order valence-corrected chi connectivity index (χ0v) is 17.3. The lowest BCUT2D eigenvalue weighted by Crippen LogP contribution is -2.11. The van der Waals surface area contributed by atoms with E-state index in [1.807, 2.05) is 42.5 Å². The van der Waals surface area contributed by atoms with Crippen molar-refractivity contribution in [3.05, 3.63) is 70.7 Å². The Hall–Kier alpha value is -2.51. The Labute approximate surface area is 172 Å². The van der Waals surface area contributed by atoms with E-state index in [1.54, 1.807) is 12.1 Å². The standard InChI is InChI=1S/C21H21N3O2S2/c1-14(2)11-19-23-24-21(28-19)22-20(26)16-9-6-10-17(12-16)27-13-18(25)15-7-4-3-5-8-15/h3-10,12,14H,11,13H2,1-2H3,(H,22,24,26). The molecule has 1 heterocycles. The lowest BCUT2D eigenvalue weighted by Gasteiger charge is -2.05. The first kappa shape index (κ1) is 20.2. The number of amides is 1. The van der Waals surface area contributed by atoms with Gasteiger partial charge in [0.25, 0.3) is 5.91 Å². The van der Waals surface area contributed by atoms with Crippen LogP contribution in [-0.4, -0.2) is 27.6 Å². The van der Waals surface area contributed by atoms with Crippen molar-refractivity contribution in [3.63, 3.8) is 0 Å². The summed E-state index contributed by atoms with van der Waals surface area (Å²) in [4.78, 5) is 25.6. The van der Waals surface area contributed by atoms with Crippen molar-refractivity contribution < 1.29 is 9.59 Å². The molecule has 0 fully saturated rings. The molecule has 3 aromatic rings. The topological polar surface area (TPSA) is 72.0 Å². The Bertz CT molecular complexity index is 955. The van der Waals surface area contributed by atoms with E-state index in [1.165, 1.54) is 23.1 Å². The van der Waals surface area contributed by atoms with Crippen LogP contribution in [0.15, 0.2) is 59.5 Å².